The van der Waals surface area contributed by atoms with Gasteiger partial charge in [0.25, 0.3) is 5.92 Å². The molecule has 1 fully saturated rings. The molecule has 66 valence electrons. The number of halogens is 3. The van der Waals surface area contributed by atoms with E-state index in [4.69, 9.17) is 0 Å². The van der Waals surface area contributed by atoms with Crippen molar-refractivity contribution < 1.29 is 13.2 Å². The zero-order valence-corrected chi connectivity index (χ0v) is 7.00. The fourth-order valence-corrected chi connectivity index (χ4v) is 1.10. The van der Waals surface area contributed by atoms with Gasteiger partial charge < -0.3 is 0 Å². The maximum absolute atomic E-state index is 13.1. The van der Waals surface area contributed by atoms with Crippen LogP contribution in [-0.2, 0) is 0 Å². The molecule has 0 nitrogen and oxygen atoms in total. The van der Waals surface area contributed by atoms with E-state index in [2.05, 4.69) is 0 Å². The van der Waals surface area contributed by atoms with Gasteiger partial charge in [-0.15, -0.1) is 0 Å². The van der Waals surface area contributed by atoms with Gasteiger partial charge in [-0.05, 0) is 6.42 Å². The molecule has 0 aromatic heterocycles. The summed E-state index contributed by atoms with van der Waals surface area (Å²) in [5.41, 5.74) is -1.11. The van der Waals surface area contributed by atoms with Crippen LogP contribution < -0.4 is 0 Å². The molecule has 1 aliphatic rings. The van der Waals surface area contributed by atoms with Gasteiger partial charge in [0.05, 0.1) is 5.92 Å². The molecule has 0 saturated heterocycles. The second-order valence-corrected chi connectivity index (χ2v) is 4.23. The molecule has 0 aromatic rings. The Morgan fingerprint density at radius 1 is 1.18 bits per heavy atom. The molecular formula is C8H13F3. The Labute approximate surface area is 64.8 Å². The van der Waals surface area contributed by atoms with Crippen molar-refractivity contribution in [1.29, 1.82) is 0 Å². The van der Waals surface area contributed by atoms with Gasteiger partial charge in [-0.3, -0.25) is 0 Å². The number of hydrogen-bond donors (Lipinski definition) is 0. The van der Waals surface area contributed by atoms with Crippen molar-refractivity contribution in [2.75, 3.05) is 0 Å². The quantitative estimate of drug-likeness (QED) is 0.561. The molecule has 0 N–H and O–H groups in total. The summed E-state index contributed by atoms with van der Waals surface area (Å²) < 4.78 is 38.6. The molecule has 1 saturated carbocycles. The van der Waals surface area contributed by atoms with Gasteiger partial charge in [-0.25, -0.2) is 13.2 Å². The summed E-state index contributed by atoms with van der Waals surface area (Å²) in [5.74, 6) is -3.88. The molecule has 0 radical (unpaired) electrons. The largest absolute Gasteiger partial charge is 0.258 e. The van der Waals surface area contributed by atoms with Crippen LogP contribution in [0.2, 0.25) is 0 Å². The monoisotopic (exact) mass is 166 g/mol. The second-order valence-electron chi connectivity index (χ2n) is 4.23. The molecule has 0 aliphatic heterocycles. The topological polar surface area (TPSA) is 0 Å². The minimum atomic E-state index is -2.85. The molecular weight excluding hydrogens is 153 g/mol. The highest BCUT2D eigenvalue weighted by molar-refractivity contribution is 5.01. The zero-order chi connectivity index (χ0) is 8.86. The van der Waals surface area contributed by atoms with Gasteiger partial charge in [0.2, 0.25) is 0 Å². The van der Waals surface area contributed by atoms with Crippen molar-refractivity contribution in [3.8, 4) is 0 Å². The minimum Gasteiger partial charge on any atom is -0.247 e. The lowest BCUT2D eigenvalue weighted by molar-refractivity contribution is -0.119. The van der Waals surface area contributed by atoms with Crippen molar-refractivity contribution in [3.63, 3.8) is 0 Å². The first-order valence-electron chi connectivity index (χ1n) is 3.78. The fraction of sp³-hybridized carbons (Fsp3) is 1.00. The Balaban J connectivity index is 2.67. The van der Waals surface area contributed by atoms with E-state index in [0.29, 0.717) is 0 Å². The van der Waals surface area contributed by atoms with Crippen molar-refractivity contribution in [3.05, 3.63) is 0 Å². The molecule has 0 heterocycles. The predicted octanol–water partition coefficient (Wildman–Crippen LogP) is 3.03. The van der Waals surface area contributed by atoms with Crippen LogP contribution in [0.5, 0.6) is 0 Å². The summed E-state index contributed by atoms with van der Waals surface area (Å²) in [6, 6.07) is 0. The molecule has 11 heavy (non-hydrogen) atoms. The molecule has 1 unspecified atom stereocenters. The molecule has 2 atom stereocenters. The average Bonchev–Trinajstić information content (AvgIpc) is 2.43. The SMILES string of the molecule is CC(C)(C)C(F)(F)C1C[C@H]1F. The molecule has 0 spiro atoms. The van der Waals surface area contributed by atoms with Crippen LogP contribution in [0.3, 0.4) is 0 Å². The average molecular weight is 166 g/mol. The summed E-state index contributed by atoms with van der Waals surface area (Å²) in [6.45, 7) is 4.33. The summed E-state index contributed by atoms with van der Waals surface area (Å²) >= 11 is 0. The van der Waals surface area contributed by atoms with Crippen LogP contribution in [0, 0.1) is 11.3 Å². The van der Waals surface area contributed by atoms with E-state index < -0.39 is 23.4 Å². The van der Waals surface area contributed by atoms with Crippen LogP contribution in [0.15, 0.2) is 0 Å². The molecule has 1 aliphatic carbocycles. The Kier molecular flexibility index (Phi) is 1.73. The van der Waals surface area contributed by atoms with Gasteiger partial charge in [-0.2, -0.15) is 0 Å². The molecule has 0 aromatic carbocycles. The highest BCUT2D eigenvalue weighted by Gasteiger charge is 2.60. The third-order valence-electron chi connectivity index (χ3n) is 2.18. The molecule has 0 amide bonds. The summed E-state index contributed by atoms with van der Waals surface area (Å²) in [4.78, 5) is 0. The molecule has 1 rings (SSSR count). The van der Waals surface area contributed by atoms with Crippen molar-refractivity contribution in [2.24, 2.45) is 11.3 Å². The van der Waals surface area contributed by atoms with E-state index in [1.54, 1.807) is 0 Å². The first-order valence-corrected chi connectivity index (χ1v) is 3.78. The zero-order valence-electron chi connectivity index (χ0n) is 7.00. The van der Waals surface area contributed by atoms with Gasteiger partial charge >= 0.3 is 0 Å². The van der Waals surface area contributed by atoms with Crippen molar-refractivity contribution in [1.82, 2.24) is 0 Å². The number of rotatable bonds is 1. The first kappa shape index (κ1) is 8.88. The van der Waals surface area contributed by atoms with Gasteiger partial charge in [0.15, 0.2) is 0 Å². The van der Waals surface area contributed by atoms with E-state index in [1.807, 2.05) is 0 Å². The Morgan fingerprint density at radius 2 is 1.55 bits per heavy atom. The third kappa shape index (κ3) is 1.37. The minimum absolute atomic E-state index is 0.0320. The van der Waals surface area contributed by atoms with Crippen LogP contribution in [0.4, 0.5) is 13.2 Å². The van der Waals surface area contributed by atoms with Crippen LogP contribution in [-0.4, -0.2) is 12.1 Å². The highest BCUT2D eigenvalue weighted by Crippen LogP contribution is 2.53. The van der Waals surface area contributed by atoms with E-state index >= 15 is 0 Å². The maximum atomic E-state index is 13.1. The normalized spacial score (nSPS) is 32.2. The van der Waals surface area contributed by atoms with E-state index in [0.717, 1.165) is 0 Å². The van der Waals surface area contributed by atoms with E-state index in [1.165, 1.54) is 20.8 Å². The van der Waals surface area contributed by atoms with Crippen LogP contribution in [0.1, 0.15) is 27.2 Å². The van der Waals surface area contributed by atoms with Crippen LogP contribution in [0.25, 0.3) is 0 Å². The van der Waals surface area contributed by atoms with Crippen molar-refractivity contribution in [2.45, 2.75) is 39.3 Å². The smallest absolute Gasteiger partial charge is 0.247 e. The van der Waals surface area contributed by atoms with Crippen LogP contribution >= 0.6 is 0 Å². The lowest BCUT2D eigenvalue weighted by Crippen LogP contribution is -2.36. The number of hydrogen-bond acceptors (Lipinski definition) is 0. The molecule has 3 heteroatoms. The summed E-state index contributed by atoms with van der Waals surface area (Å²) in [6.07, 6.45) is -1.24. The molecule has 0 bridgehead atoms. The van der Waals surface area contributed by atoms with E-state index in [9.17, 15) is 13.2 Å². The second kappa shape index (κ2) is 2.14. The lowest BCUT2D eigenvalue weighted by atomic mass is 9.85. The Morgan fingerprint density at radius 3 is 1.64 bits per heavy atom. The summed E-state index contributed by atoms with van der Waals surface area (Å²) in [5, 5.41) is 0. The van der Waals surface area contributed by atoms with Crippen molar-refractivity contribution >= 4 is 0 Å². The Hall–Kier alpha value is -0.210. The summed E-state index contributed by atoms with van der Waals surface area (Å²) in [7, 11) is 0. The van der Waals surface area contributed by atoms with Gasteiger partial charge in [-0.1, -0.05) is 20.8 Å². The first-order chi connectivity index (χ1) is 4.77. The number of alkyl halides is 3. The Bertz CT molecular complexity index is 157. The van der Waals surface area contributed by atoms with Gasteiger partial charge in [0, 0.05) is 5.41 Å². The third-order valence-corrected chi connectivity index (χ3v) is 2.18. The fourth-order valence-electron chi connectivity index (χ4n) is 1.10. The van der Waals surface area contributed by atoms with E-state index in [-0.39, 0.29) is 6.42 Å². The predicted molar refractivity (Wildman–Crippen MR) is 37.4 cm³/mol. The van der Waals surface area contributed by atoms with Gasteiger partial charge in [0.1, 0.15) is 6.17 Å². The maximum Gasteiger partial charge on any atom is 0.258 e. The highest BCUT2D eigenvalue weighted by atomic mass is 19.3. The lowest BCUT2D eigenvalue weighted by Gasteiger charge is -2.30. The standard InChI is InChI=1S/C8H13F3/c1-7(2,3)8(10,11)5-4-6(5)9/h5-6H,4H2,1-3H3/t5?,6-/m1/s1.